The lowest BCUT2D eigenvalue weighted by molar-refractivity contribution is -0.184. The SMILES string of the molecule is CCC1(CC)C(=O)N([C@@H]2OC(=O)N(Cc3ccccc3)C2=O)[C@H]1S(=O)(=O)c1ccccc1. The maximum absolute atomic E-state index is 13.6. The number of β-lactam (4-membered cyclic amide) rings is 1. The van der Waals surface area contributed by atoms with E-state index in [1.165, 1.54) is 12.1 Å². The van der Waals surface area contributed by atoms with E-state index in [1.807, 2.05) is 6.07 Å². The average Bonchev–Trinajstić information content (AvgIpc) is 3.07. The highest BCUT2D eigenvalue weighted by Gasteiger charge is 2.68. The molecule has 9 heteroatoms. The molecule has 0 aliphatic carbocycles. The number of ether oxygens (including phenoxy) is 1. The Morgan fingerprint density at radius 3 is 2.03 bits per heavy atom. The van der Waals surface area contributed by atoms with Gasteiger partial charge in [-0.1, -0.05) is 62.4 Å². The number of benzene rings is 2. The predicted octanol–water partition coefficient (Wildman–Crippen LogP) is 2.94. The zero-order chi connectivity index (χ0) is 23.1. The summed E-state index contributed by atoms with van der Waals surface area (Å²) in [5.74, 6) is -1.25. The highest BCUT2D eigenvalue weighted by Crippen LogP contribution is 2.51. The smallest absolute Gasteiger partial charge is 0.415 e. The van der Waals surface area contributed by atoms with Crippen molar-refractivity contribution in [3.05, 3.63) is 66.2 Å². The Hall–Kier alpha value is -3.20. The van der Waals surface area contributed by atoms with E-state index in [-0.39, 0.29) is 24.3 Å². The number of sulfone groups is 1. The van der Waals surface area contributed by atoms with Crippen molar-refractivity contribution in [2.24, 2.45) is 5.41 Å². The van der Waals surface area contributed by atoms with E-state index in [1.54, 1.807) is 56.3 Å². The van der Waals surface area contributed by atoms with Crippen molar-refractivity contribution < 1.29 is 27.5 Å². The summed E-state index contributed by atoms with van der Waals surface area (Å²) in [6, 6.07) is 16.7. The molecule has 3 amide bonds. The topological polar surface area (TPSA) is 101 Å². The molecule has 168 valence electrons. The van der Waals surface area contributed by atoms with Crippen LogP contribution in [0, 0.1) is 5.41 Å². The van der Waals surface area contributed by atoms with Crippen LogP contribution in [-0.4, -0.2) is 47.7 Å². The molecule has 2 aromatic carbocycles. The fourth-order valence-corrected chi connectivity index (χ4v) is 6.83. The third-order valence-corrected chi connectivity index (χ3v) is 8.55. The molecule has 0 saturated carbocycles. The van der Waals surface area contributed by atoms with E-state index in [4.69, 9.17) is 4.74 Å². The van der Waals surface area contributed by atoms with Crippen LogP contribution in [0.3, 0.4) is 0 Å². The van der Waals surface area contributed by atoms with Crippen molar-refractivity contribution in [2.45, 2.75) is 49.7 Å². The van der Waals surface area contributed by atoms with Gasteiger partial charge in [-0.2, -0.15) is 0 Å². The first-order valence-corrected chi connectivity index (χ1v) is 12.0. The summed E-state index contributed by atoms with van der Waals surface area (Å²) in [6.45, 7) is 3.46. The molecule has 0 radical (unpaired) electrons. The minimum atomic E-state index is -4.03. The van der Waals surface area contributed by atoms with E-state index < -0.39 is 44.8 Å². The van der Waals surface area contributed by atoms with Gasteiger partial charge in [-0.25, -0.2) is 18.1 Å². The molecule has 2 fully saturated rings. The van der Waals surface area contributed by atoms with Gasteiger partial charge in [-0.15, -0.1) is 0 Å². The van der Waals surface area contributed by atoms with Crippen LogP contribution in [0.15, 0.2) is 65.6 Å². The van der Waals surface area contributed by atoms with Gasteiger partial charge < -0.3 is 4.74 Å². The zero-order valence-electron chi connectivity index (χ0n) is 17.8. The summed E-state index contributed by atoms with van der Waals surface area (Å²) in [4.78, 5) is 40.7. The molecule has 0 bridgehead atoms. The van der Waals surface area contributed by atoms with E-state index >= 15 is 0 Å². The average molecular weight is 457 g/mol. The number of likely N-dealkylation sites (tertiary alicyclic amines) is 1. The molecule has 2 heterocycles. The predicted molar refractivity (Wildman–Crippen MR) is 115 cm³/mol. The lowest BCUT2D eigenvalue weighted by Gasteiger charge is -2.55. The molecule has 0 aromatic heterocycles. The Labute approximate surface area is 186 Å². The second-order valence-electron chi connectivity index (χ2n) is 7.93. The van der Waals surface area contributed by atoms with Crippen molar-refractivity contribution in [1.82, 2.24) is 9.80 Å². The molecule has 2 aromatic rings. The van der Waals surface area contributed by atoms with Gasteiger partial charge in [0, 0.05) is 0 Å². The molecule has 32 heavy (non-hydrogen) atoms. The largest absolute Gasteiger partial charge is 0.419 e. The van der Waals surface area contributed by atoms with Crippen LogP contribution in [0.25, 0.3) is 0 Å². The number of cyclic esters (lactones) is 1. The first kappa shape index (κ1) is 22.0. The van der Waals surface area contributed by atoms with Crippen molar-refractivity contribution >= 4 is 27.7 Å². The second-order valence-corrected chi connectivity index (χ2v) is 9.94. The number of imide groups is 1. The van der Waals surface area contributed by atoms with Crippen LogP contribution in [-0.2, 0) is 30.7 Å². The van der Waals surface area contributed by atoms with Crippen LogP contribution < -0.4 is 0 Å². The third-order valence-electron chi connectivity index (χ3n) is 6.36. The fourth-order valence-electron chi connectivity index (χ4n) is 4.50. The molecule has 0 spiro atoms. The first-order valence-electron chi connectivity index (χ1n) is 10.5. The highest BCUT2D eigenvalue weighted by atomic mass is 32.2. The van der Waals surface area contributed by atoms with Gasteiger partial charge >= 0.3 is 6.09 Å². The zero-order valence-corrected chi connectivity index (χ0v) is 18.6. The quantitative estimate of drug-likeness (QED) is 0.594. The third kappa shape index (κ3) is 3.19. The van der Waals surface area contributed by atoms with Crippen LogP contribution >= 0.6 is 0 Å². The highest BCUT2D eigenvalue weighted by molar-refractivity contribution is 7.92. The number of rotatable bonds is 7. The van der Waals surface area contributed by atoms with Crippen LogP contribution in [0.2, 0.25) is 0 Å². The van der Waals surface area contributed by atoms with E-state index in [9.17, 15) is 22.8 Å². The summed E-state index contributed by atoms with van der Waals surface area (Å²) < 4.78 is 32.4. The number of amides is 3. The van der Waals surface area contributed by atoms with Crippen molar-refractivity contribution in [2.75, 3.05) is 0 Å². The standard InChI is InChI=1S/C23H24N2O6S/c1-3-23(4-2)20(27)25(21(23)32(29,30)17-13-9-6-10-14-17)19-18(26)24(22(28)31-19)15-16-11-7-5-8-12-16/h5-14,19,21H,3-4,15H2,1-2H3/t19-,21+/m1/s1. The van der Waals surface area contributed by atoms with Crippen molar-refractivity contribution in [1.29, 1.82) is 0 Å². The minimum Gasteiger partial charge on any atom is -0.415 e. The minimum absolute atomic E-state index is 0.0279. The van der Waals surface area contributed by atoms with E-state index in [0.717, 1.165) is 9.80 Å². The van der Waals surface area contributed by atoms with Gasteiger partial charge in [0.25, 0.3) is 12.1 Å². The summed E-state index contributed by atoms with van der Waals surface area (Å²) in [6.07, 6.45) is -1.96. The normalized spacial score (nSPS) is 22.6. The summed E-state index contributed by atoms with van der Waals surface area (Å²) in [7, 11) is -4.03. The number of nitrogens with zero attached hydrogens (tertiary/aromatic N) is 2. The van der Waals surface area contributed by atoms with Crippen LogP contribution in [0.4, 0.5) is 4.79 Å². The van der Waals surface area contributed by atoms with Gasteiger partial charge in [0.05, 0.1) is 16.9 Å². The number of hydrogen-bond donors (Lipinski definition) is 0. The molecular weight excluding hydrogens is 432 g/mol. The Bertz CT molecular complexity index is 1150. The Kier molecular flexibility index (Phi) is 5.54. The molecule has 0 unspecified atom stereocenters. The lowest BCUT2D eigenvalue weighted by atomic mass is 9.73. The Morgan fingerprint density at radius 2 is 1.47 bits per heavy atom. The maximum atomic E-state index is 13.6. The summed E-state index contributed by atoms with van der Waals surface area (Å²) in [5.41, 5.74) is -0.480. The van der Waals surface area contributed by atoms with Crippen LogP contribution in [0.5, 0.6) is 0 Å². The number of hydrogen-bond acceptors (Lipinski definition) is 6. The van der Waals surface area contributed by atoms with Gasteiger partial charge in [-0.3, -0.25) is 14.5 Å². The summed E-state index contributed by atoms with van der Waals surface area (Å²) in [5, 5.41) is -1.31. The first-order chi connectivity index (χ1) is 15.3. The molecule has 4 rings (SSSR count). The fraction of sp³-hybridized carbons (Fsp3) is 0.348. The van der Waals surface area contributed by atoms with Gasteiger partial charge in [0.2, 0.25) is 15.7 Å². The molecule has 2 aliphatic rings. The molecule has 2 saturated heterocycles. The van der Waals surface area contributed by atoms with Gasteiger partial charge in [0.15, 0.2) is 5.37 Å². The second kappa shape index (κ2) is 8.05. The van der Waals surface area contributed by atoms with E-state index in [2.05, 4.69) is 0 Å². The lowest BCUT2D eigenvalue weighted by Crippen LogP contribution is -2.74. The molecule has 8 nitrogen and oxygen atoms in total. The molecular formula is C23H24N2O6S. The van der Waals surface area contributed by atoms with Gasteiger partial charge in [0.1, 0.15) is 0 Å². The maximum Gasteiger partial charge on any atom is 0.419 e. The Balaban J connectivity index is 1.70. The summed E-state index contributed by atoms with van der Waals surface area (Å²) >= 11 is 0. The van der Waals surface area contributed by atoms with E-state index in [0.29, 0.717) is 5.56 Å². The molecule has 2 atom stereocenters. The monoisotopic (exact) mass is 456 g/mol. The Morgan fingerprint density at radius 1 is 0.906 bits per heavy atom. The van der Waals surface area contributed by atoms with Crippen LogP contribution in [0.1, 0.15) is 32.3 Å². The molecule has 0 N–H and O–H groups in total. The number of carbonyl (C=O) groups excluding carboxylic acids is 3. The van der Waals surface area contributed by atoms with Gasteiger partial charge in [-0.05, 0) is 30.5 Å². The van der Waals surface area contributed by atoms with Crippen molar-refractivity contribution in [3.63, 3.8) is 0 Å². The van der Waals surface area contributed by atoms with Crippen molar-refractivity contribution in [3.8, 4) is 0 Å². The number of carbonyl (C=O) groups is 3. The molecule has 2 aliphatic heterocycles.